The van der Waals surface area contributed by atoms with E-state index in [0.29, 0.717) is 18.3 Å². The van der Waals surface area contributed by atoms with Crippen LogP contribution in [0.15, 0.2) is 23.1 Å². The third-order valence-electron chi connectivity index (χ3n) is 2.65. The Labute approximate surface area is 104 Å². The first kappa shape index (κ1) is 12.3. The van der Waals surface area contributed by atoms with E-state index in [1.54, 1.807) is 42.2 Å². The highest BCUT2D eigenvalue weighted by Gasteiger charge is 2.20. The average molecular weight is 249 g/mol. The summed E-state index contributed by atoms with van der Waals surface area (Å²) in [6.07, 6.45) is 5.02. The van der Waals surface area contributed by atoms with E-state index in [0.717, 1.165) is 0 Å². The number of aryl methyl sites for hydroxylation is 1. The molecule has 1 atom stereocenters. The van der Waals surface area contributed by atoms with Crippen molar-refractivity contribution >= 4 is 5.91 Å². The van der Waals surface area contributed by atoms with Gasteiger partial charge in [0.1, 0.15) is 6.04 Å². The quantitative estimate of drug-likeness (QED) is 0.800. The number of amides is 1. The fourth-order valence-corrected chi connectivity index (χ4v) is 1.63. The fraction of sp³-hybridized carbons (Fsp3) is 0.455. The maximum atomic E-state index is 12.1. The van der Waals surface area contributed by atoms with Gasteiger partial charge in [-0.2, -0.15) is 0 Å². The monoisotopic (exact) mass is 249 g/mol. The van der Waals surface area contributed by atoms with E-state index in [1.807, 2.05) is 6.92 Å². The van der Waals surface area contributed by atoms with Crippen molar-refractivity contribution in [2.75, 3.05) is 7.05 Å². The number of hydrogen-bond donors (Lipinski definition) is 0. The second-order valence-corrected chi connectivity index (χ2v) is 4.09. The summed E-state index contributed by atoms with van der Waals surface area (Å²) in [6, 6.07) is -0.304. The van der Waals surface area contributed by atoms with Gasteiger partial charge in [0.05, 0.1) is 12.9 Å². The number of aromatic nitrogens is 4. The minimum Gasteiger partial charge on any atom is -0.424 e. The summed E-state index contributed by atoms with van der Waals surface area (Å²) in [4.78, 5) is 17.6. The number of rotatable bonds is 4. The van der Waals surface area contributed by atoms with Gasteiger partial charge >= 0.3 is 0 Å². The summed E-state index contributed by atoms with van der Waals surface area (Å²) in [5.41, 5.74) is 0. The van der Waals surface area contributed by atoms with Gasteiger partial charge in [0.25, 0.3) is 0 Å². The maximum absolute atomic E-state index is 12.1. The van der Waals surface area contributed by atoms with Gasteiger partial charge in [0, 0.05) is 26.4 Å². The predicted molar refractivity (Wildman–Crippen MR) is 62.4 cm³/mol. The van der Waals surface area contributed by atoms with Crippen LogP contribution >= 0.6 is 0 Å². The van der Waals surface area contributed by atoms with Crippen LogP contribution in [0.1, 0.15) is 24.7 Å². The van der Waals surface area contributed by atoms with Crippen molar-refractivity contribution in [1.29, 1.82) is 0 Å². The summed E-state index contributed by atoms with van der Waals surface area (Å²) < 4.78 is 6.99. The van der Waals surface area contributed by atoms with Gasteiger partial charge in [-0.1, -0.05) is 0 Å². The van der Waals surface area contributed by atoms with Crippen LogP contribution in [0.2, 0.25) is 0 Å². The molecular weight excluding hydrogens is 234 g/mol. The molecule has 0 spiro atoms. The normalized spacial score (nSPS) is 12.4. The van der Waals surface area contributed by atoms with Crippen molar-refractivity contribution in [1.82, 2.24) is 24.6 Å². The van der Waals surface area contributed by atoms with E-state index >= 15 is 0 Å². The van der Waals surface area contributed by atoms with E-state index < -0.39 is 0 Å². The third kappa shape index (κ3) is 2.55. The van der Waals surface area contributed by atoms with Crippen LogP contribution in [0.5, 0.6) is 0 Å². The van der Waals surface area contributed by atoms with Crippen LogP contribution in [0.25, 0.3) is 0 Å². The van der Waals surface area contributed by atoms with E-state index in [-0.39, 0.29) is 11.9 Å². The molecule has 1 amide bonds. The van der Waals surface area contributed by atoms with E-state index in [1.165, 1.54) is 0 Å². The van der Waals surface area contributed by atoms with Gasteiger partial charge in [-0.3, -0.25) is 4.79 Å². The molecule has 0 aromatic carbocycles. The second kappa shape index (κ2) is 4.99. The van der Waals surface area contributed by atoms with Crippen LogP contribution in [0.4, 0.5) is 0 Å². The zero-order valence-electron chi connectivity index (χ0n) is 10.6. The molecule has 7 nitrogen and oxygen atoms in total. The zero-order valence-corrected chi connectivity index (χ0v) is 10.6. The number of carbonyl (C=O) groups is 1. The Balaban J connectivity index is 2.00. The van der Waals surface area contributed by atoms with Crippen molar-refractivity contribution in [3.05, 3.63) is 30.5 Å². The van der Waals surface area contributed by atoms with E-state index in [9.17, 15) is 4.79 Å². The van der Waals surface area contributed by atoms with Gasteiger partial charge in [-0.15, -0.1) is 10.2 Å². The number of carbonyl (C=O) groups excluding carboxylic acids is 1. The first-order chi connectivity index (χ1) is 8.58. The van der Waals surface area contributed by atoms with E-state index in [2.05, 4.69) is 15.2 Å². The summed E-state index contributed by atoms with van der Waals surface area (Å²) in [6.45, 7) is 3.84. The summed E-state index contributed by atoms with van der Waals surface area (Å²) in [7, 11) is 1.70. The van der Waals surface area contributed by atoms with Gasteiger partial charge in [-0.05, 0) is 6.92 Å². The molecule has 1 unspecified atom stereocenters. The van der Waals surface area contributed by atoms with Gasteiger partial charge < -0.3 is 13.9 Å². The highest BCUT2D eigenvalue weighted by Crippen LogP contribution is 2.10. The minimum atomic E-state index is -0.304. The lowest BCUT2D eigenvalue weighted by atomic mass is 10.3. The molecule has 0 aliphatic heterocycles. The molecule has 18 heavy (non-hydrogen) atoms. The van der Waals surface area contributed by atoms with Crippen molar-refractivity contribution in [2.24, 2.45) is 0 Å². The second-order valence-electron chi connectivity index (χ2n) is 4.09. The van der Waals surface area contributed by atoms with Crippen LogP contribution < -0.4 is 0 Å². The lowest BCUT2D eigenvalue weighted by Crippen LogP contribution is -2.32. The highest BCUT2D eigenvalue weighted by atomic mass is 16.4. The molecule has 0 bridgehead atoms. The Kier molecular flexibility index (Phi) is 3.40. The SMILES string of the molecule is Cc1nnc(CN(C)C(=O)C(C)n2ccnc2)o1. The summed E-state index contributed by atoms with van der Waals surface area (Å²) in [5, 5.41) is 7.58. The fourth-order valence-electron chi connectivity index (χ4n) is 1.63. The molecule has 0 saturated carbocycles. The van der Waals surface area contributed by atoms with Crippen molar-refractivity contribution < 1.29 is 9.21 Å². The molecule has 2 aromatic rings. The number of hydrogen-bond acceptors (Lipinski definition) is 5. The maximum Gasteiger partial charge on any atom is 0.245 e. The Bertz CT molecular complexity index is 519. The Hall–Kier alpha value is -2.18. The first-order valence-corrected chi connectivity index (χ1v) is 5.59. The van der Waals surface area contributed by atoms with Crippen LogP contribution in [0, 0.1) is 6.92 Å². The van der Waals surface area contributed by atoms with Gasteiger partial charge in [0.2, 0.25) is 17.7 Å². The van der Waals surface area contributed by atoms with Crippen LogP contribution in [0.3, 0.4) is 0 Å². The molecule has 0 aliphatic carbocycles. The Morgan fingerprint density at radius 1 is 1.56 bits per heavy atom. The van der Waals surface area contributed by atoms with Crippen molar-refractivity contribution in [3.8, 4) is 0 Å². The first-order valence-electron chi connectivity index (χ1n) is 5.59. The molecular formula is C11H15N5O2. The lowest BCUT2D eigenvalue weighted by Gasteiger charge is -2.20. The van der Waals surface area contributed by atoms with Crippen LogP contribution in [-0.2, 0) is 11.3 Å². The largest absolute Gasteiger partial charge is 0.424 e. The molecule has 0 aliphatic rings. The topological polar surface area (TPSA) is 77.1 Å². The summed E-state index contributed by atoms with van der Waals surface area (Å²) in [5.74, 6) is 0.888. The molecule has 0 radical (unpaired) electrons. The molecule has 2 aromatic heterocycles. The highest BCUT2D eigenvalue weighted by molar-refractivity contribution is 5.79. The summed E-state index contributed by atoms with van der Waals surface area (Å²) >= 11 is 0. The van der Waals surface area contributed by atoms with E-state index in [4.69, 9.17) is 4.42 Å². The smallest absolute Gasteiger partial charge is 0.245 e. The minimum absolute atomic E-state index is 0.0381. The number of nitrogens with zero attached hydrogens (tertiary/aromatic N) is 5. The molecule has 96 valence electrons. The average Bonchev–Trinajstić information content (AvgIpc) is 2.98. The molecule has 2 rings (SSSR count). The Morgan fingerprint density at radius 2 is 2.33 bits per heavy atom. The van der Waals surface area contributed by atoms with Crippen molar-refractivity contribution in [2.45, 2.75) is 26.4 Å². The van der Waals surface area contributed by atoms with Crippen LogP contribution in [-0.4, -0.2) is 37.6 Å². The zero-order chi connectivity index (χ0) is 13.1. The standard InChI is InChI=1S/C11H15N5O2/c1-8(16-5-4-12-7-16)11(17)15(3)6-10-14-13-9(2)18-10/h4-5,7-8H,6H2,1-3H3. The Morgan fingerprint density at radius 3 is 2.89 bits per heavy atom. The molecule has 7 heteroatoms. The molecule has 2 heterocycles. The van der Waals surface area contributed by atoms with Gasteiger partial charge in [-0.25, -0.2) is 4.98 Å². The molecule has 0 saturated heterocycles. The number of imidazole rings is 1. The lowest BCUT2D eigenvalue weighted by molar-refractivity contribution is -0.133. The number of likely N-dealkylation sites (N-methyl/N-ethyl adjacent to an activating group) is 1. The van der Waals surface area contributed by atoms with Gasteiger partial charge in [0.15, 0.2) is 0 Å². The predicted octanol–water partition coefficient (Wildman–Crippen LogP) is 0.794. The molecule has 0 fully saturated rings. The molecule has 0 N–H and O–H groups in total. The van der Waals surface area contributed by atoms with Crippen molar-refractivity contribution in [3.63, 3.8) is 0 Å². The third-order valence-corrected chi connectivity index (χ3v) is 2.65.